The van der Waals surface area contributed by atoms with Crippen LogP contribution in [0.5, 0.6) is 0 Å². The lowest BCUT2D eigenvalue weighted by molar-refractivity contribution is 0.411. The number of benzene rings is 1. The molecule has 1 aromatic carbocycles. The molecular weight excluding hydrogens is 212 g/mol. The Kier molecular flexibility index (Phi) is 3.15. The summed E-state index contributed by atoms with van der Waals surface area (Å²) in [5.41, 5.74) is 3.13. The van der Waals surface area contributed by atoms with Crippen LogP contribution < -0.4 is 0 Å². The third kappa shape index (κ3) is 2.96. The van der Waals surface area contributed by atoms with Crippen LogP contribution in [0, 0.1) is 5.41 Å². The molecule has 0 bridgehead atoms. The van der Waals surface area contributed by atoms with E-state index in [1.165, 1.54) is 16.0 Å². The predicted octanol–water partition coefficient (Wildman–Crippen LogP) is 5.00. The summed E-state index contributed by atoms with van der Waals surface area (Å²) in [6.45, 7) is 6.85. The highest BCUT2D eigenvalue weighted by atomic mass is 32.1. The van der Waals surface area contributed by atoms with Crippen molar-refractivity contribution in [2.45, 2.75) is 27.2 Å². The largest absolute Gasteiger partial charge is 0.144 e. The average molecular weight is 230 g/mol. The summed E-state index contributed by atoms with van der Waals surface area (Å²) in [7, 11) is 0. The van der Waals surface area contributed by atoms with Crippen molar-refractivity contribution in [2.75, 3.05) is 0 Å². The maximum Gasteiger partial charge on any atom is 0.0342 e. The van der Waals surface area contributed by atoms with Gasteiger partial charge in [0.25, 0.3) is 0 Å². The molecule has 0 N–H and O–H groups in total. The van der Waals surface area contributed by atoms with E-state index in [4.69, 9.17) is 0 Å². The van der Waals surface area contributed by atoms with E-state index in [1.807, 2.05) is 0 Å². The first kappa shape index (κ1) is 11.4. The minimum Gasteiger partial charge on any atom is -0.144 e. The molecule has 0 aliphatic heterocycles. The Morgan fingerprint density at radius 2 is 1.88 bits per heavy atom. The lowest BCUT2D eigenvalue weighted by atomic mass is 9.87. The van der Waals surface area contributed by atoms with Crippen LogP contribution in [-0.4, -0.2) is 0 Å². The summed E-state index contributed by atoms with van der Waals surface area (Å²) in [6.07, 6.45) is 1.13. The molecule has 1 heteroatoms. The summed E-state index contributed by atoms with van der Waals surface area (Å²) in [4.78, 5) is 1.36. The Morgan fingerprint density at radius 1 is 1.06 bits per heavy atom. The Labute approximate surface area is 102 Å². The van der Waals surface area contributed by atoms with Crippen LogP contribution in [-0.2, 0) is 6.42 Å². The minimum atomic E-state index is 0.355. The van der Waals surface area contributed by atoms with Gasteiger partial charge in [0.05, 0.1) is 0 Å². The molecule has 0 unspecified atom stereocenters. The van der Waals surface area contributed by atoms with Crippen LogP contribution in [0.1, 0.15) is 26.3 Å². The molecule has 0 spiro atoms. The van der Waals surface area contributed by atoms with Gasteiger partial charge in [0.2, 0.25) is 0 Å². The molecule has 0 radical (unpaired) electrons. The second kappa shape index (κ2) is 4.42. The lowest BCUT2D eigenvalue weighted by Crippen LogP contribution is -2.08. The van der Waals surface area contributed by atoms with Crippen LogP contribution >= 0.6 is 11.3 Å². The third-order valence-electron chi connectivity index (χ3n) is 2.47. The van der Waals surface area contributed by atoms with E-state index in [9.17, 15) is 0 Å². The fraction of sp³-hybridized carbons (Fsp3) is 0.333. The summed E-state index contributed by atoms with van der Waals surface area (Å²) in [6, 6.07) is 13.2. The summed E-state index contributed by atoms with van der Waals surface area (Å²) < 4.78 is 0. The van der Waals surface area contributed by atoms with Crippen LogP contribution in [0.2, 0.25) is 0 Å². The van der Waals surface area contributed by atoms with Crippen molar-refractivity contribution < 1.29 is 0 Å². The summed E-state index contributed by atoms with van der Waals surface area (Å²) in [5.74, 6) is 0. The molecule has 0 fully saturated rings. The van der Waals surface area contributed by atoms with Crippen LogP contribution in [0.25, 0.3) is 10.4 Å². The van der Waals surface area contributed by atoms with Crippen LogP contribution in [0.15, 0.2) is 41.8 Å². The Hall–Kier alpha value is -1.08. The van der Waals surface area contributed by atoms with Gasteiger partial charge in [-0.2, -0.15) is 0 Å². The van der Waals surface area contributed by atoms with Gasteiger partial charge in [0.15, 0.2) is 0 Å². The molecule has 0 aliphatic rings. The fourth-order valence-corrected chi connectivity index (χ4v) is 2.61. The third-order valence-corrected chi connectivity index (χ3v) is 3.39. The molecule has 0 saturated heterocycles. The van der Waals surface area contributed by atoms with E-state index in [-0.39, 0.29) is 0 Å². The van der Waals surface area contributed by atoms with Crippen molar-refractivity contribution in [2.24, 2.45) is 5.41 Å². The van der Waals surface area contributed by atoms with Gasteiger partial charge in [-0.1, -0.05) is 51.1 Å². The molecule has 84 valence electrons. The highest BCUT2D eigenvalue weighted by molar-refractivity contribution is 7.13. The SMILES string of the molecule is CC(C)(C)Cc1cccc(-c2cccs2)c1. The van der Waals surface area contributed by atoms with E-state index in [0.717, 1.165) is 6.42 Å². The zero-order valence-electron chi connectivity index (χ0n) is 10.2. The highest BCUT2D eigenvalue weighted by Gasteiger charge is 2.11. The van der Waals surface area contributed by atoms with Crippen molar-refractivity contribution in [3.63, 3.8) is 0 Å². The van der Waals surface area contributed by atoms with Gasteiger partial charge < -0.3 is 0 Å². The van der Waals surface area contributed by atoms with Gasteiger partial charge >= 0.3 is 0 Å². The first-order valence-corrected chi connectivity index (χ1v) is 6.55. The molecular formula is C15H18S. The van der Waals surface area contributed by atoms with Crippen molar-refractivity contribution in [3.05, 3.63) is 47.3 Å². The van der Waals surface area contributed by atoms with E-state index >= 15 is 0 Å². The van der Waals surface area contributed by atoms with Crippen molar-refractivity contribution in [3.8, 4) is 10.4 Å². The summed E-state index contributed by atoms with van der Waals surface area (Å²) >= 11 is 1.80. The standard InChI is InChI=1S/C15H18S/c1-15(2,3)11-12-6-4-7-13(10-12)14-8-5-9-16-14/h4-10H,11H2,1-3H3. The zero-order valence-corrected chi connectivity index (χ0v) is 11.0. The minimum absolute atomic E-state index is 0.355. The van der Waals surface area contributed by atoms with Gasteiger partial charge in [0, 0.05) is 4.88 Å². The van der Waals surface area contributed by atoms with E-state index in [1.54, 1.807) is 11.3 Å². The second-order valence-electron chi connectivity index (χ2n) is 5.42. The molecule has 2 aromatic rings. The molecule has 1 aromatic heterocycles. The zero-order chi connectivity index (χ0) is 11.6. The lowest BCUT2D eigenvalue weighted by Gasteiger charge is -2.18. The van der Waals surface area contributed by atoms with Gasteiger partial charge in [-0.3, -0.25) is 0 Å². The van der Waals surface area contributed by atoms with E-state index in [0.29, 0.717) is 5.41 Å². The molecule has 0 aliphatic carbocycles. The number of hydrogen-bond acceptors (Lipinski definition) is 1. The fourth-order valence-electron chi connectivity index (χ4n) is 1.89. The van der Waals surface area contributed by atoms with Crippen molar-refractivity contribution in [1.29, 1.82) is 0 Å². The topological polar surface area (TPSA) is 0 Å². The van der Waals surface area contributed by atoms with E-state index in [2.05, 4.69) is 62.5 Å². The molecule has 0 amide bonds. The molecule has 1 heterocycles. The van der Waals surface area contributed by atoms with Gasteiger partial charge in [0.1, 0.15) is 0 Å². The second-order valence-corrected chi connectivity index (χ2v) is 6.36. The number of hydrogen-bond donors (Lipinski definition) is 0. The number of rotatable bonds is 2. The predicted molar refractivity (Wildman–Crippen MR) is 72.9 cm³/mol. The maximum absolute atomic E-state index is 2.32. The van der Waals surface area contributed by atoms with Crippen molar-refractivity contribution in [1.82, 2.24) is 0 Å². The average Bonchev–Trinajstić information content (AvgIpc) is 2.68. The molecule has 16 heavy (non-hydrogen) atoms. The van der Waals surface area contributed by atoms with Gasteiger partial charge in [-0.25, -0.2) is 0 Å². The van der Waals surface area contributed by atoms with Gasteiger partial charge in [-0.05, 0) is 34.4 Å². The molecule has 0 atom stereocenters. The van der Waals surface area contributed by atoms with E-state index < -0.39 is 0 Å². The smallest absolute Gasteiger partial charge is 0.0342 e. The number of thiophene rings is 1. The molecule has 2 rings (SSSR count). The molecule has 0 saturated carbocycles. The normalized spacial score (nSPS) is 11.7. The quantitative estimate of drug-likeness (QED) is 0.680. The summed E-state index contributed by atoms with van der Waals surface area (Å²) in [5, 5.41) is 2.13. The van der Waals surface area contributed by atoms with Crippen LogP contribution in [0.4, 0.5) is 0 Å². The monoisotopic (exact) mass is 230 g/mol. The molecule has 0 nitrogen and oxygen atoms in total. The Bertz CT molecular complexity index is 447. The van der Waals surface area contributed by atoms with Crippen LogP contribution in [0.3, 0.4) is 0 Å². The highest BCUT2D eigenvalue weighted by Crippen LogP contribution is 2.27. The Morgan fingerprint density at radius 3 is 2.50 bits per heavy atom. The first-order valence-electron chi connectivity index (χ1n) is 5.67. The van der Waals surface area contributed by atoms with Gasteiger partial charge in [-0.15, -0.1) is 11.3 Å². The maximum atomic E-state index is 2.32. The van der Waals surface area contributed by atoms with Crippen molar-refractivity contribution >= 4 is 11.3 Å². The Balaban J connectivity index is 2.27. The first-order chi connectivity index (χ1) is 7.54.